The maximum absolute atomic E-state index is 12.4. The Morgan fingerprint density at radius 2 is 1.96 bits per heavy atom. The number of aromatic nitrogens is 1. The van der Waals surface area contributed by atoms with Crippen LogP contribution >= 0.6 is 0 Å². The molecule has 0 bridgehead atoms. The van der Waals surface area contributed by atoms with E-state index in [-0.39, 0.29) is 17.6 Å². The third-order valence-corrected chi connectivity index (χ3v) is 4.19. The van der Waals surface area contributed by atoms with Crippen molar-refractivity contribution in [2.75, 3.05) is 45.8 Å². The fourth-order valence-corrected chi connectivity index (χ4v) is 2.82. The number of likely N-dealkylation sites (N-methyl/N-ethyl adjacent to an activating group) is 1. The molecule has 7 nitrogen and oxygen atoms in total. The topological polar surface area (TPSA) is 69.9 Å². The van der Waals surface area contributed by atoms with Crippen LogP contribution in [0.1, 0.15) is 36.5 Å². The molecule has 1 aliphatic rings. The fraction of sp³-hybridized carbons (Fsp3) is 0.688. The molecule has 0 N–H and O–H groups in total. The van der Waals surface area contributed by atoms with Crippen LogP contribution in [-0.2, 0) is 4.79 Å². The predicted molar refractivity (Wildman–Crippen MR) is 86.1 cm³/mol. The normalized spacial score (nSPS) is 16.2. The first-order chi connectivity index (χ1) is 11.0. The lowest BCUT2D eigenvalue weighted by atomic mass is 10.3. The second-order valence-corrected chi connectivity index (χ2v) is 5.82. The molecule has 128 valence electrons. The zero-order chi connectivity index (χ0) is 16.8. The standard InChI is InChI=1S/C16H26N4O3/c1-4-19(5-2)15(21)12-18-7-6-8-20(10-9-18)16(22)14-11-13(3)17-23-14/h11H,4-10,12H2,1-3H3. The van der Waals surface area contributed by atoms with E-state index in [0.29, 0.717) is 31.9 Å². The number of nitrogens with zero attached hydrogens (tertiary/aromatic N) is 4. The SMILES string of the molecule is CCN(CC)C(=O)CN1CCCN(C(=O)c2cc(C)no2)CC1. The van der Waals surface area contributed by atoms with E-state index in [9.17, 15) is 9.59 Å². The third-order valence-electron chi connectivity index (χ3n) is 4.19. The number of amides is 2. The summed E-state index contributed by atoms with van der Waals surface area (Å²) in [5, 5.41) is 3.77. The average Bonchev–Trinajstić information content (AvgIpc) is 2.83. The Bertz CT molecular complexity index is 539. The van der Waals surface area contributed by atoms with E-state index in [1.165, 1.54) is 0 Å². The Morgan fingerprint density at radius 1 is 1.22 bits per heavy atom. The van der Waals surface area contributed by atoms with Gasteiger partial charge in [-0.15, -0.1) is 0 Å². The van der Waals surface area contributed by atoms with Crippen molar-refractivity contribution in [1.82, 2.24) is 19.9 Å². The molecule has 1 aliphatic heterocycles. The maximum atomic E-state index is 12.4. The zero-order valence-electron chi connectivity index (χ0n) is 14.2. The van der Waals surface area contributed by atoms with Crippen LogP contribution in [0.4, 0.5) is 0 Å². The molecule has 23 heavy (non-hydrogen) atoms. The highest BCUT2D eigenvalue weighted by Gasteiger charge is 2.24. The van der Waals surface area contributed by atoms with Crippen LogP contribution in [0, 0.1) is 6.92 Å². The van der Waals surface area contributed by atoms with Gasteiger partial charge >= 0.3 is 0 Å². The van der Waals surface area contributed by atoms with Gasteiger partial charge in [-0.05, 0) is 27.2 Å². The quantitative estimate of drug-likeness (QED) is 0.809. The summed E-state index contributed by atoms with van der Waals surface area (Å²) in [5.74, 6) is 0.318. The summed E-state index contributed by atoms with van der Waals surface area (Å²) in [6, 6.07) is 1.66. The van der Waals surface area contributed by atoms with Gasteiger partial charge in [-0.25, -0.2) is 0 Å². The molecule has 1 saturated heterocycles. The van der Waals surface area contributed by atoms with Crippen LogP contribution in [0.2, 0.25) is 0 Å². The van der Waals surface area contributed by atoms with Crippen LogP contribution in [0.3, 0.4) is 0 Å². The molecule has 0 saturated carbocycles. The monoisotopic (exact) mass is 322 g/mol. The Balaban J connectivity index is 1.89. The van der Waals surface area contributed by atoms with E-state index in [1.807, 2.05) is 18.7 Å². The molecular weight excluding hydrogens is 296 g/mol. The minimum atomic E-state index is -0.123. The van der Waals surface area contributed by atoms with Crippen LogP contribution in [-0.4, -0.2) is 77.5 Å². The van der Waals surface area contributed by atoms with Gasteiger partial charge in [0.15, 0.2) is 0 Å². The lowest BCUT2D eigenvalue weighted by molar-refractivity contribution is -0.132. The number of aryl methyl sites for hydroxylation is 1. The van der Waals surface area contributed by atoms with Gasteiger partial charge in [0, 0.05) is 45.3 Å². The lowest BCUT2D eigenvalue weighted by Gasteiger charge is -2.25. The van der Waals surface area contributed by atoms with Gasteiger partial charge < -0.3 is 14.3 Å². The Labute approximate surface area is 137 Å². The second kappa shape index (κ2) is 8.10. The van der Waals surface area contributed by atoms with E-state index in [1.54, 1.807) is 17.9 Å². The Morgan fingerprint density at radius 3 is 2.57 bits per heavy atom. The Kier molecular flexibility index (Phi) is 6.15. The van der Waals surface area contributed by atoms with E-state index in [4.69, 9.17) is 4.52 Å². The first kappa shape index (κ1) is 17.5. The highest BCUT2D eigenvalue weighted by atomic mass is 16.5. The summed E-state index contributed by atoms with van der Waals surface area (Å²) in [6.45, 7) is 10.5. The van der Waals surface area contributed by atoms with Crippen LogP contribution in [0.25, 0.3) is 0 Å². The summed E-state index contributed by atoms with van der Waals surface area (Å²) < 4.78 is 5.06. The molecule has 0 aliphatic carbocycles. The van der Waals surface area contributed by atoms with Crippen molar-refractivity contribution >= 4 is 11.8 Å². The summed E-state index contributed by atoms with van der Waals surface area (Å²) in [7, 11) is 0. The van der Waals surface area contributed by atoms with Crippen molar-refractivity contribution in [3.63, 3.8) is 0 Å². The highest BCUT2D eigenvalue weighted by Crippen LogP contribution is 2.10. The highest BCUT2D eigenvalue weighted by molar-refractivity contribution is 5.91. The van der Waals surface area contributed by atoms with Gasteiger partial charge in [0.1, 0.15) is 0 Å². The second-order valence-electron chi connectivity index (χ2n) is 5.82. The fourth-order valence-electron chi connectivity index (χ4n) is 2.82. The molecule has 2 rings (SSSR count). The number of rotatable bonds is 5. The molecule has 0 spiro atoms. The summed E-state index contributed by atoms with van der Waals surface area (Å²) in [6.07, 6.45) is 0.852. The minimum absolute atomic E-state index is 0.123. The van der Waals surface area contributed by atoms with E-state index in [2.05, 4.69) is 10.1 Å². The molecule has 0 unspecified atom stereocenters. The molecule has 1 fully saturated rings. The molecule has 7 heteroatoms. The molecule has 0 aromatic carbocycles. The minimum Gasteiger partial charge on any atom is -0.351 e. The molecule has 2 heterocycles. The summed E-state index contributed by atoms with van der Waals surface area (Å²) in [4.78, 5) is 30.3. The average molecular weight is 322 g/mol. The zero-order valence-corrected chi connectivity index (χ0v) is 14.2. The van der Waals surface area contributed by atoms with Crippen molar-refractivity contribution in [3.05, 3.63) is 17.5 Å². The number of hydrogen-bond acceptors (Lipinski definition) is 5. The lowest BCUT2D eigenvalue weighted by Crippen LogP contribution is -2.42. The molecular formula is C16H26N4O3. The van der Waals surface area contributed by atoms with Crippen LogP contribution in [0.15, 0.2) is 10.6 Å². The molecule has 1 aromatic heterocycles. The van der Waals surface area contributed by atoms with E-state index >= 15 is 0 Å². The first-order valence-corrected chi connectivity index (χ1v) is 8.27. The Hall–Kier alpha value is -1.89. The van der Waals surface area contributed by atoms with Gasteiger partial charge in [-0.2, -0.15) is 0 Å². The van der Waals surface area contributed by atoms with Gasteiger partial charge in [0.05, 0.1) is 12.2 Å². The number of carbonyl (C=O) groups is 2. The summed E-state index contributed by atoms with van der Waals surface area (Å²) in [5.41, 5.74) is 0.703. The van der Waals surface area contributed by atoms with Crippen molar-refractivity contribution in [3.8, 4) is 0 Å². The number of carbonyl (C=O) groups excluding carboxylic acids is 2. The summed E-state index contributed by atoms with van der Waals surface area (Å²) >= 11 is 0. The van der Waals surface area contributed by atoms with Gasteiger partial charge in [0.25, 0.3) is 5.91 Å². The molecule has 0 radical (unpaired) electrons. The van der Waals surface area contributed by atoms with Gasteiger partial charge in [0.2, 0.25) is 11.7 Å². The van der Waals surface area contributed by atoms with E-state index in [0.717, 1.165) is 26.1 Å². The van der Waals surface area contributed by atoms with Crippen molar-refractivity contribution in [2.45, 2.75) is 27.2 Å². The van der Waals surface area contributed by atoms with Gasteiger partial charge in [-0.3, -0.25) is 14.5 Å². The third kappa shape index (κ3) is 4.54. The molecule has 1 aromatic rings. The molecule has 2 amide bonds. The first-order valence-electron chi connectivity index (χ1n) is 8.27. The predicted octanol–water partition coefficient (Wildman–Crippen LogP) is 0.999. The van der Waals surface area contributed by atoms with Crippen molar-refractivity contribution in [2.24, 2.45) is 0 Å². The number of hydrogen-bond donors (Lipinski definition) is 0. The van der Waals surface area contributed by atoms with Crippen LogP contribution in [0.5, 0.6) is 0 Å². The largest absolute Gasteiger partial charge is 0.351 e. The van der Waals surface area contributed by atoms with Crippen molar-refractivity contribution < 1.29 is 14.1 Å². The maximum Gasteiger partial charge on any atom is 0.292 e. The van der Waals surface area contributed by atoms with Crippen molar-refractivity contribution in [1.29, 1.82) is 0 Å². The smallest absolute Gasteiger partial charge is 0.292 e. The van der Waals surface area contributed by atoms with Crippen LogP contribution < -0.4 is 0 Å². The molecule has 0 atom stereocenters. The van der Waals surface area contributed by atoms with Gasteiger partial charge in [-0.1, -0.05) is 5.16 Å². The van der Waals surface area contributed by atoms with E-state index < -0.39 is 0 Å².